The molecule has 0 radical (unpaired) electrons. The third-order valence-corrected chi connectivity index (χ3v) is 4.69. The van der Waals surface area contributed by atoms with Gasteiger partial charge in [-0.1, -0.05) is 48.5 Å². The van der Waals surface area contributed by atoms with Crippen LogP contribution < -0.4 is 4.74 Å². The largest absolute Gasteiger partial charge is 0.423 e. The molecule has 0 N–H and O–H groups in total. The number of benzene rings is 3. The molecule has 3 aromatic carbocycles. The number of rotatable bonds is 3. The average molecular weight is 331 g/mol. The van der Waals surface area contributed by atoms with E-state index in [2.05, 4.69) is 4.98 Å². The molecular weight excluding hydrogens is 318 g/mol. The van der Waals surface area contributed by atoms with Crippen LogP contribution in [0.25, 0.3) is 20.8 Å². The molecule has 4 aromatic rings. The Morgan fingerprint density at radius 3 is 2.38 bits per heavy atom. The van der Waals surface area contributed by atoms with Crippen LogP contribution in [0.2, 0.25) is 0 Å². The maximum Gasteiger partial charge on any atom is 0.344 e. The molecule has 0 atom stereocenters. The Labute approximate surface area is 143 Å². The second kappa shape index (κ2) is 6.26. The van der Waals surface area contributed by atoms with E-state index in [-0.39, 0.29) is 5.97 Å². The molecule has 0 spiro atoms. The first-order chi connectivity index (χ1) is 11.8. The van der Waals surface area contributed by atoms with E-state index in [1.807, 2.05) is 60.7 Å². The van der Waals surface area contributed by atoms with Crippen LogP contribution in [0.5, 0.6) is 5.75 Å². The lowest BCUT2D eigenvalue weighted by molar-refractivity contribution is 0.0735. The van der Waals surface area contributed by atoms with Gasteiger partial charge in [-0.2, -0.15) is 0 Å². The minimum Gasteiger partial charge on any atom is -0.423 e. The third kappa shape index (κ3) is 2.79. The summed E-state index contributed by atoms with van der Waals surface area (Å²) in [6.07, 6.45) is 0. The van der Waals surface area contributed by atoms with Gasteiger partial charge < -0.3 is 4.74 Å². The summed E-state index contributed by atoms with van der Waals surface area (Å²) in [5.74, 6) is 0.151. The van der Waals surface area contributed by atoms with E-state index in [9.17, 15) is 4.79 Å². The molecule has 116 valence electrons. The number of aromatic nitrogens is 1. The van der Waals surface area contributed by atoms with Crippen LogP contribution in [-0.4, -0.2) is 11.0 Å². The van der Waals surface area contributed by atoms with Crippen LogP contribution in [-0.2, 0) is 0 Å². The van der Waals surface area contributed by atoms with Gasteiger partial charge in [0.2, 0.25) is 0 Å². The number of ether oxygens (including phenoxy) is 1. The van der Waals surface area contributed by atoms with Crippen LogP contribution in [0.4, 0.5) is 0 Å². The fourth-order valence-electron chi connectivity index (χ4n) is 2.49. The Balaban J connectivity index is 1.73. The zero-order chi connectivity index (χ0) is 16.4. The molecule has 24 heavy (non-hydrogen) atoms. The first-order valence-electron chi connectivity index (χ1n) is 7.53. The molecule has 1 heterocycles. The van der Waals surface area contributed by atoms with Crippen LogP contribution in [0.15, 0.2) is 78.9 Å². The summed E-state index contributed by atoms with van der Waals surface area (Å²) < 4.78 is 6.57. The van der Waals surface area contributed by atoms with Crippen molar-refractivity contribution in [3.8, 4) is 16.3 Å². The molecule has 0 saturated heterocycles. The van der Waals surface area contributed by atoms with E-state index in [4.69, 9.17) is 4.74 Å². The highest BCUT2D eigenvalue weighted by Gasteiger charge is 2.17. The van der Waals surface area contributed by atoms with Gasteiger partial charge in [0.25, 0.3) is 0 Å². The number of carbonyl (C=O) groups is 1. The van der Waals surface area contributed by atoms with E-state index in [0.717, 1.165) is 20.8 Å². The van der Waals surface area contributed by atoms with E-state index in [1.54, 1.807) is 29.5 Å². The van der Waals surface area contributed by atoms with Gasteiger partial charge in [0.05, 0.1) is 15.8 Å². The Morgan fingerprint density at radius 2 is 1.54 bits per heavy atom. The van der Waals surface area contributed by atoms with E-state index in [0.29, 0.717) is 11.3 Å². The summed E-state index contributed by atoms with van der Waals surface area (Å²) in [6.45, 7) is 0. The molecule has 0 fully saturated rings. The van der Waals surface area contributed by atoms with Crippen molar-refractivity contribution in [1.29, 1.82) is 0 Å². The Bertz CT molecular complexity index is 975. The molecule has 0 aliphatic heterocycles. The van der Waals surface area contributed by atoms with Crippen LogP contribution >= 0.6 is 11.3 Å². The van der Waals surface area contributed by atoms with Gasteiger partial charge in [-0.25, -0.2) is 9.78 Å². The maximum absolute atomic E-state index is 12.6. The minimum absolute atomic E-state index is 0.379. The lowest BCUT2D eigenvalue weighted by Crippen LogP contribution is -2.09. The second-order valence-corrected chi connectivity index (χ2v) is 6.27. The van der Waals surface area contributed by atoms with Gasteiger partial charge in [-0.05, 0) is 30.3 Å². The zero-order valence-electron chi connectivity index (χ0n) is 12.7. The van der Waals surface area contributed by atoms with Gasteiger partial charge in [0.1, 0.15) is 10.8 Å². The summed E-state index contributed by atoms with van der Waals surface area (Å²) in [6, 6.07) is 24.4. The first kappa shape index (κ1) is 14.6. The molecule has 3 nitrogen and oxygen atoms in total. The minimum atomic E-state index is -0.379. The monoisotopic (exact) mass is 331 g/mol. The van der Waals surface area contributed by atoms with Crippen molar-refractivity contribution in [3.63, 3.8) is 0 Å². The SMILES string of the molecule is O=C(Oc1ccccc1)c1ccccc1-c1nc2ccccc2s1. The highest BCUT2D eigenvalue weighted by molar-refractivity contribution is 7.21. The number of para-hydroxylation sites is 2. The van der Waals surface area contributed by atoms with Crippen molar-refractivity contribution >= 4 is 27.5 Å². The van der Waals surface area contributed by atoms with Crippen molar-refractivity contribution in [3.05, 3.63) is 84.4 Å². The summed E-state index contributed by atoms with van der Waals surface area (Å²) in [4.78, 5) is 17.2. The van der Waals surface area contributed by atoms with Gasteiger partial charge in [0.15, 0.2) is 0 Å². The lowest BCUT2D eigenvalue weighted by atomic mass is 10.1. The molecule has 0 aliphatic carbocycles. The first-order valence-corrected chi connectivity index (χ1v) is 8.35. The predicted molar refractivity (Wildman–Crippen MR) is 96.5 cm³/mol. The van der Waals surface area contributed by atoms with Crippen molar-refractivity contribution in [2.24, 2.45) is 0 Å². The van der Waals surface area contributed by atoms with Crippen molar-refractivity contribution in [2.75, 3.05) is 0 Å². The molecule has 0 amide bonds. The fourth-order valence-corrected chi connectivity index (χ4v) is 3.49. The molecule has 0 unspecified atom stereocenters. The van der Waals surface area contributed by atoms with Crippen molar-refractivity contribution < 1.29 is 9.53 Å². The molecule has 0 bridgehead atoms. The fraction of sp³-hybridized carbons (Fsp3) is 0. The summed E-state index contributed by atoms with van der Waals surface area (Å²) in [5, 5.41) is 0.816. The Morgan fingerprint density at radius 1 is 0.833 bits per heavy atom. The Kier molecular flexibility index (Phi) is 3.81. The van der Waals surface area contributed by atoms with E-state index in [1.165, 1.54) is 0 Å². The van der Waals surface area contributed by atoms with E-state index < -0.39 is 0 Å². The number of thiazole rings is 1. The zero-order valence-corrected chi connectivity index (χ0v) is 13.5. The normalized spacial score (nSPS) is 10.7. The molecular formula is C20H13NO2S. The summed E-state index contributed by atoms with van der Waals surface area (Å²) in [7, 11) is 0. The standard InChI is InChI=1S/C20H13NO2S/c22-20(23-14-8-2-1-3-9-14)16-11-5-4-10-15(16)19-21-17-12-6-7-13-18(17)24-19/h1-13H. The molecule has 4 heteroatoms. The molecule has 4 rings (SSSR count). The number of fused-ring (bicyclic) bond motifs is 1. The smallest absolute Gasteiger partial charge is 0.344 e. The van der Waals surface area contributed by atoms with Gasteiger partial charge in [0, 0.05) is 5.56 Å². The van der Waals surface area contributed by atoms with Crippen molar-refractivity contribution in [1.82, 2.24) is 4.98 Å². The quantitative estimate of drug-likeness (QED) is 0.383. The van der Waals surface area contributed by atoms with Crippen LogP contribution in [0.3, 0.4) is 0 Å². The van der Waals surface area contributed by atoms with Crippen molar-refractivity contribution in [2.45, 2.75) is 0 Å². The van der Waals surface area contributed by atoms with E-state index >= 15 is 0 Å². The number of carbonyl (C=O) groups excluding carboxylic acids is 1. The number of hydrogen-bond acceptors (Lipinski definition) is 4. The second-order valence-electron chi connectivity index (χ2n) is 5.23. The highest BCUT2D eigenvalue weighted by atomic mass is 32.1. The predicted octanol–water partition coefficient (Wildman–Crippen LogP) is 5.18. The number of hydrogen-bond donors (Lipinski definition) is 0. The molecule has 0 saturated carbocycles. The Hall–Kier alpha value is -2.98. The van der Waals surface area contributed by atoms with Gasteiger partial charge >= 0.3 is 5.97 Å². The maximum atomic E-state index is 12.6. The van der Waals surface area contributed by atoms with Crippen LogP contribution in [0.1, 0.15) is 10.4 Å². The molecule has 1 aromatic heterocycles. The number of nitrogens with zero attached hydrogens (tertiary/aromatic N) is 1. The average Bonchev–Trinajstić information content (AvgIpc) is 3.06. The topological polar surface area (TPSA) is 39.2 Å². The lowest BCUT2D eigenvalue weighted by Gasteiger charge is -2.07. The highest BCUT2D eigenvalue weighted by Crippen LogP contribution is 2.32. The van der Waals surface area contributed by atoms with Gasteiger partial charge in [-0.3, -0.25) is 0 Å². The molecule has 0 aliphatic rings. The number of esters is 1. The van der Waals surface area contributed by atoms with Crippen LogP contribution in [0, 0.1) is 0 Å². The summed E-state index contributed by atoms with van der Waals surface area (Å²) in [5.41, 5.74) is 2.24. The third-order valence-electron chi connectivity index (χ3n) is 3.63. The van der Waals surface area contributed by atoms with Gasteiger partial charge in [-0.15, -0.1) is 11.3 Å². The summed E-state index contributed by atoms with van der Waals surface area (Å²) >= 11 is 1.57.